The summed E-state index contributed by atoms with van der Waals surface area (Å²) in [5.74, 6) is 0.799. The number of carbonyl (C=O) groups excluding carboxylic acids is 1. The van der Waals surface area contributed by atoms with Gasteiger partial charge in [0.1, 0.15) is 5.76 Å². The molecule has 1 aromatic rings. The van der Waals surface area contributed by atoms with Crippen LogP contribution in [0.25, 0.3) is 0 Å². The third-order valence-electron chi connectivity index (χ3n) is 2.46. The summed E-state index contributed by atoms with van der Waals surface area (Å²) in [4.78, 5) is 13.6. The van der Waals surface area contributed by atoms with Gasteiger partial charge in [-0.05, 0) is 38.8 Å². The molecule has 0 saturated heterocycles. The lowest BCUT2D eigenvalue weighted by Crippen LogP contribution is -2.34. The number of amides is 1. The maximum absolute atomic E-state index is 11.8. The van der Waals surface area contributed by atoms with Crippen molar-refractivity contribution in [1.29, 1.82) is 0 Å². The Balaban J connectivity index is 1.97. The van der Waals surface area contributed by atoms with E-state index < -0.39 is 0 Å². The maximum Gasteiger partial charge on any atom is 0.410 e. The van der Waals surface area contributed by atoms with Gasteiger partial charge in [-0.25, -0.2) is 4.79 Å². The molecule has 1 aliphatic rings. The second kappa shape index (κ2) is 4.60. The molecule has 0 unspecified atom stereocenters. The quantitative estimate of drug-likeness (QED) is 0.788. The first-order valence-electron chi connectivity index (χ1n) is 5.66. The Bertz CT molecular complexity index is 341. The molecule has 0 atom stereocenters. The van der Waals surface area contributed by atoms with Gasteiger partial charge in [0.2, 0.25) is 0 Å². The van der Waals surface area contributed by atoms with Gasteiger partial charge >= 0.3 is 6.09 Å². The van der Waals surface area contributed by atoms with Crippen molar-refractivity contribution in [2.24, 2.45) is 0 Å². The zero-order valence-electron chi connectivity index (χ0n) is 9.68. The summed E-state index contributed by atoms with van der Waals surface area (Å²) in [6.07, 6.45) is 3.43. The van der Waals surface area contributed by atoms with Gasteiger partial charge in [0.15, 0.2) is 0 Å². The molecular formula is C12H17NO3. The first kappa shape index (κ1) is 11.0. The Morgan fingerprint density at radius 2 is 2.38 bits per heavy atom. The Hall–Kier alpha value is -1.45. The van der Waals surface area contributed by atoms with E-state index in [1.54, 1.807) is 11.2 Å². The van der Waals surface area contributed by atoms with E-state index in [9.17, 15) is 4.79 Å². The van der Waals surface area contributed by atoms with Crippen LogP contribution in [0.2, 0.25) is 0 Å². The normalized spacial score (nSPS) is 15.2. The second-order valence-corrected chi connectivity index (χ2v) is 4.37. The number of nitrogens with zero attached hydrogens (tertiary/aromatic N) is 1. The number of ether oxygens (including phenoxy) is 1. The van der Waals surface area contributed by atoms with E-state index in [1.165, 1.54) is 0 Å². The predicted molar refractivity (Wildman–Crippen MR) is 58.9 cm³/mol. The molecule has 1 aromatic heterocycles. The van der Waals surface area contributed by atoms with Gasteiger partial charge in [0.05, 0.1) is 18.9 Å². The van der Waals surface area contributed by atoms with Gasteiger partial charge in [0, 0.05) is 6.04 Å². The molecule has 1 saturated carbocycles. The van der Waals surface area contributed by atoms with E-state index in [0.717, 1.165) is 18.6 Å². The van der Waals surface area contributed by atoms with Crippen LogP contribution in [-0.4, -0.2) is 23.1 Å². The lowest BCUT2D eigenvalue weighted by molar-refractivity contribution is 0.0699. The first-order valence-corrected chi connectivity index (χ1v) is 5.66. The van der Waals surface area contributed by atoms with Crippen LogP contribution in [0.1, 0.15) is 32.4 Å². The Morgan fingerprint density at radius 1 is 1.62 bits per heavy atom. The van der Waals surface area contributed by atoms with Gasteiger partial charge < -0.3 is 9.15 Å². The minimum Gasteiger partial charge on any atom is -0.467 e. The molecule has 0 aromatic carbocycles. The molecule has 2 rings (SSSR count). The maximum atomic E-state index is 11.8. The average molecular weight is 223 g/mol. The number of rotatable bonds is 4. The lowest BCUT2D eigenvalue weighted by Gasteiger charge is -2.21. The summed E-state index contributed by atoms with van der Waals surface area (Å²) in [5.41, 5.74) is 0. The minimum atomic E-state index is -0.242. The van der Waals surface area contributed by atoms with Crippen molar-refractivity contribution < 1.29 is 13.9 Å². The summed E-state index contributed by atoms with van der Waals surface area (Å²) in [5, 5.41) is 0. The number of carbonyl (C=O) groups is 1. The fourth-order valence-corrected chi connectivity index (χ4v) is 1.57. The number of hydrogen-bond acceptors (Lipinski definition) is 3. The van der Waals surface area contributed by atoms with Crippen LogP contribution in [0.3, 0.4) is 0 Å². The summed E-state index contributed by atoms with van der Waals surface area (Å²) in [6, 6.07) is 4.03. The van der Waals surface area contributed by atoms with Crippen LogP contribution in [0.4, 0.5) is 4.79 Å². The summed E-state index contributed by atoms with van der Waals surface area (Å²) in [7, 11) is 0. The molecule has 0 aliphatic heterocycles. The minimum absolute atomic E-state index is 0.0784. The average Bonchev–Trinajstić information content (AvgIpc) is 2.91. The molecule has 16 heavy (non-hydrogen) atoms. The van der Waals surface area contributed by atoms with Crippen LogP contribution >= 0.6 is 0 Å². The highest BCUT2D eigenvalue weighted by Gasteiger charge is 2.34. The van der Waals surface area contributed by atoms with Gasteiger partial charge in [-0.3, -0.25) is 4.90 Å². The second-order valence-electron chi connectivity index (χ2n) is 4.37. The van der Waals surface area contributed by atoms with Crippen LogP contribution in [0.5, 0.6) is 0 Å². The van der Waals surface area contributed by atoms with Crippen molar-refractivity contribution in [3.63, 3.8) is 0 Å². The molecule has 1 aliphatic carbocycles. The van der Waals surface area contributed by atoms with Gasteiger partial charge in [0.25, 0.3) is 0 Å². The molecule has 0 bridgehead atoms. The SMILES string of the molecule is CC(C)OC(=O)N(Cc1ccco1)C1CC1. The smallest absolute Gasteiger partial charge is 0.410 e. The van der Waals surface area contributed by atoms with E-state index in [0.29, 0.717) is 12.6 Å². The topological polar surface area (TPSA) is 42.7 Å². The monoisotopic (exact) mass is 223 g/mol. The van der Waals surface area contributed by atoms with Gasteiger partial charge in [-0.15, -0.1) is 0 Å². The number of furan rings is 1. The molecule has 0 radical (unpaired) electrons. The third-order valence-corrected chi connectivity index (χ3v) is 2.46. The van der Waals surface area contributed by atoms with Crippen molar-refractivity contribution in [1.82, 2.24) is 4.90 Å². The van der Waals surface area contributed by atoms with Crippen molar-refractivity contribution in [2.45, 2.75) is 45.4 Å². The van der Waals surface area contributed by atoms with Crippen LogP contribution < -0.4 is 0 Å². The van der Waals surface area contributed by atoms with E-state index in [4.69, 9.17) is 9.15 Å². The highest BCUT2D eigenvalue weighted by atomic mass is 16.6. The highest BCUT2D eigenvalue weighted by molar-refractivity contribution is 5.68. The molecule has 88 valence electrons. The Kier molecular flexibility index (Phi) is 3.17. The Labute approximate surface area is 95.2 Å². The fourth-order valence-electron chi connectivity index (χ4n) is 1.57. The molecule has 4 heteroatoms. The lowest BCUT2D eigenvalue weighted by atomic mass is 10.4. The summed E-state index contributed by atoms with van der Waals surface area (Å²) < 4.78 is 10.5. The van der Waals surface area contributed by atoms with Crippen LogP contribution in [-0.2, 0) is 11.3 Å². The van der Waals surface area contributed by atoms with Crippen molar-refractivity contribution in [3.05, 3.63) is 24.2 Å². The fraction of sp³-hybridized carbons (Fsp3) is 0.583. The van der Waals surface area contributed by atoms with E-state index in [-0.39, 0.29) is 12.2 Å². The third kappa shape index (κ3) is 2.78. The van der Waals surface area contributed by atoms with Gasteiger partial charge in [-0.1, -0.05) is 0 Å². The molecule has 1 amide bonds. The first-order chi connectivity index (χ1) is 7.66. The predicted octanol–water partition coefficient (Wildman–Crippen LogP) is 2.79. The van der Waals surface area contributed by atoms with E-state index >= 15 is 0 Å². The number of hydrogen-bond donors (Lipinski definition) is 0. The van der Waals surface area contributed by atoms with Crippen molar-refractivity contribution in [3.8, 4) is 0 Å². The molecule has 1 fully saturated rings. The summed E-state index contributed by atoms with van der Waals surface area (Å²) in [6.45, 7) is 4.22. The standard InChI is InChI=1S/C12H17NO3/c1-9(2)16-12(14)13(10-5-6-10)8-11-4-3-7-15-11/h3-4,7,9-10H,5-6,8H2,1-2H3. The van der Waals surface area contributed by atoms with Crippen molar-refractivity contribution >= 4 is 6.09 Å². The largest absolute Gasteiger partial charge is 0.467 e. The highest BCUT2D eigenvalue weighted by Crippen LogP contribution is 2.29. The van der Waals surface area contributed by atoms with Crippen molar-refractivity contribution in [2.75, 3.05) is 0 Å². The molecular weight excluding hydrogens is 206 g/mol. The molecule has 4 nitrogen and oxygen atoms in total. The summed E-state index contributed by atoms with van der Waals surface area (Å²) >= 11 is 0. The van der Waals surface area contributed by atoms with Gasteiger partial charge in [-0.2, -0.15) is 0 Å². The van der Waals surface area contributed by atoms with Crippen LogP contribution in [0.15, 0.2) is 22.8 Å². The zero-order chi connectivity index (χ0) is 11.5. The van der Waals surface area contributed by atoms with E-state index in [1.807, 2.05) is 26.0 Å². The van der Waals surface area contributed by atoms with E-state index in [2.05, 4.69) is 0 Å². The molecule has 0 N–H and O–H groups in total. The van der Waals surface area contributed by atoms with Crippen LogP contribution in [0, 0.1) is 0 Å². The molecule has 0 spiro atoms. The Morgan fingerprint density at radius 3 is 2.88 bits per heavy atom. The zero-order valence-corrected chi connectivity index (χ0v) is 9.68. The molecule has 1 heterocycles.